The summed E-state index contributed by atoms with van der Waals surface area (Å²) >= 11 is 0.949. The number of hydrogen-bond acceptors (Lipinski definition) is 6. The van der Waals surface area contributed by atoms with Crippen LogP contribution in [0.1, 0.15) is 33.4 Å². The number of hydrogen-bond donors (Lipinski definition) is 2. The predicted octanol–water partition coefficient (Wildman–Crippen LogP) is 9.66. The summed E-state index contributed by atoms with van der Waals surface area (Å²) in [4.78, 5) is 0.722. The first-order valence-electron chi connectivity index (χ1n) is 15.0. The number of aryl methyl sites for hydroxylation is 2. The van der Waals surface area contributed by atoms with E-state index in [1.165, 1.54) is 22.3 Å². The average molecular weight is 657 g/mol. The minimum atomic E-state index is -4.39. The maximum absolute atomic E-state index is 12.2. The zero-order valence-corrected chi connectivity index (χ0v) is 27.0. The minimum Gasteiger partial charge on any atom is -0.282 e. The van der Waals surface area contributed by atoms with Gasteiger partial charge in [-0.2, -0.15) is 8.42 Å². The summed E-state index contributed by atoms with van der Waals surface area (Å²) < 4.78 is 39.2. The fourth-order valence-electron chi connectivity index (χ4n) is 7.48. The summed E-state index contributed by atoms with van der Waals surface area (Å²) in [5.41, 5.74) is 13.7. The average Bonchev–Trinajstić information content (AvgIpc) is 3.54. The highest BCUT2D eigenvalue weighted by atomic mass is 32.2. The van der Waals surface area contributed by atoms with Gasteiger partial charge in [0.15, 0.2) is 0 Å². The van der Waals surface area contributed by atoms with E-state index < -0.39 is 15.5 Å². The Morgan fingerprint density at radius 1 is 0.574 bits per heavy atom. The van der Waals surface area contributed by atoms with Gasteiger partial charge in [0.2, 0.25) is 0 Å². The molecule has 0 radical (unpaired) electrons. The Kier molecular flexibility index (Phi) is 7.00. The lowest BCUT2D eigenvalue weighted by Gasteiger charge is -2.31. The van der Waals surface area contributed by atoms with Crippen molar-refractivity contribution >= 4 is 22.2 Å². The van der Waals surface area contributed by atoms with Crippen LogP contribution in [0, 0.1) is 13.8 Å². The van der Waals surface area contributed by atoms with Crippen molar-refractivity contribution in [3.05, 3.63) is 155 Å². The van der Waals surface area contributed by atoms with Crippen molar-refractivity contribution < 1.29 is 27.6 Å². The first-order valence-corrected chi connectivity index (χ1v) is 17.2. The van der Waals surface area contributed by atoms with Crippen LogP contribution in [0.5, 0.6) is 0 Å². The topological polar surface area (TPSA) is 93.1 Å². The van der Waals surface area contributed by atoms with Crippen LogP contribution in [0.2, 0.25) is 0 Å². The van der Waals surface area contributed by atoms with E-state index in [2.05, 4.69) is 90.0 Å². The molecule has 0 amide bonds. The Labute approximate surface area is 277 Å². The van der Waals surface area contributed by atoms with Crippen molar-refractivity contribution in [1.82, 2.24) is 0 Å². The molecule has 1 spiro atoms. The predicted molar refractivity (Wildman–Crippen MR) is 184 cm³/mol. The molecule has 0 atom stereocenters. The van der Waals surface area contributed by atoms with E-state index in [0.29, 0.717) is 11.1 Å². The maximum Gasteiger partial charge on any atom is 0.294 e. The van der Waals surface area contributed by atoms with E-state index in [4.69, 9.17) is 9.59 Å². The lowest BCUT2D eigenvalue weighted by Crippen LogP contribution is -2.26. The largest absolute Gasteiger partial charge is 0.294 e. The summed E-state index contributed by atoms with van der Waals surface area (Å²) in [6.07, 6.45) is 0. The highest BCUT2D eigenvalue weighted by Gasteiger charge is 2.51. The van der Waals surface area contributed by atoms with Crippen LogP contribution in [-0.4, -0.2) is 18.2 Å². The van der Waals surface area contributed by atoms with Gasteiger partial charge in [0.1, 0.15) is 0 Å². The SMILES string of the molecule is Cc1ccc(-c2ccc3c(c2)C2(c4ccccc4-c4ccccc42)c2cc(-c4ccc(C)c(S(=O)(=O)O)c4)ccc2-3)cc1SOOO. The third kappa shape index (κ3) is 4.52. The number of fused-ring (bicyclic) bond motifs is 10. The summed E-state index contributed by atoms with van der Waals surface area (Å²) in [6, 6.07) is 41.3. The second-order valence-corrected chi connectivity index (χ2v) is 14.2. The molecule has 0 bridgehead atoms. The van der Waals surface area contributed by atoms with Crippen LogP contribution in [0.3, 0.4) is 0 Å². The van der Waals surface area contributed by atoms with Crippen molar-refractivity contribution in [3.8, 4) is 44.5 Å². The van der Waals surface area contributed by atoms with Crippen LogP contribution in [0.25, 0.3) is 44.5 Å². The van der Waals surface area contributed by atoms with Crippen LogP contribution >= 0.6 is 12.0 Å². The number of rotatable bonds is 6. The quantitative estimate of drug-likeness (QED) is 0.0797. The Morgan fingerprint density at radius 2 is 1.04 bits per heavy atom. The molecule has 232 valence electrons. The van der Waals surface area contributed by atoms with Gasteiger partial charge >= 0.3 is 0 Å². The lowest BCUT2D eigenvalue weighted by atomic mass is 9.70. The van der Waals surface area contributed by atoms with E-state index >= 15 is 0 Å². The third-order valence-corrected chi connectivity index (χ3v) is 11.3. The Balaban J connectivity index is 1.40. The Morgan fingerprint density at radius 3 is 1.60 bits per heavy atom. The van der Waals surface area contributed by atoms with Gasteiger partial charge < -0.3 is 0 Å². The van der Waals surface area contributed by atoms with Crippen LogP contribution in [0.4, 0.5) is 0 Å². The fourth-order valence-corrected chi connectivity index (χ4v) is 8.71. The van der Waals surface area contributed by atoms with Crippen molar-refractivity contribution in [2.24, 2.45) is 0 Å². The van der Waals surface area contributed by atoms with Gasteiger partial charge in [-0.15, -0.1) is 4.33 Å². The highest BCUT2D eigenvalue weighted by Crippen LogP contribution is 2.63. The van der Waals surface area contributed by atoms with Gasteiger partial charge in [-0.3, -0.25) is 4.55 Å². The second-order valence-electron chi connectivity index (χ2n) is 12.0. The van der Waals surface area contributed by atoms with Crippen molar-refractivity contribution in [3.63, 3.8) is 0 Å². The van der Waals surface area contributed by atoms with E-state index in [1.54, 1.807) is 19.1 Å². The van der Waals surface area contributed by atoms with Crippen LogP contribution in [0.15, 0.2) is 131 Å². The van der Waals surface area contributed by atoms with Crippen molar-refractivity contribution in [2.75, 3.05) is 0 Å². The molecule has 2 aliphatic rings. The van der Waals surface area contributed by atoms with Crippen LogP contribution < -0.4 is 0 Å². The molecule has 6 nitrogen and oxygen atoms in total. The van der Waals surface area contributed by atoms with Gasteiger partial charge in [-0.1, -0.05) is 102 Å². The van der Waals surface area contributed by atoms with E-state index in [1.807, 2.05) is 31.2 Å². The molecule has 0 fully saturated rings. The maximum atomic E-state index is 12.2. The molecule has 0 saturated carbocycles. The van der Waals surface area contributed by atoms with Gasteiger partial charge in [-0.25, -0.2) is 5.26 Å². The summed E-state index contributed by atoms with van der Waals surface area (Å²) in [5.74, 6) is 0. The summed E-state index contributed by atoms with van der Waals surface area (Å²) in [5, 5.41) is 12.6. The van der Waals surface area contributed by atoms with Crippen molar-refractivity contribution in [1.29, 1.82) is 0 Å². The summed E-state index contributed by atoms with van der Waals surface area (Å²) in [7, 11) is -4.39. The van der Waals surface area contributed by atoms with Crippen molar-refractivity contribution in [2.45, 2.75) is 29.1 Å². The van der Waals surface area contributed by atoms with E-state index in [-0.39, 0.29) is 4.90 Å². The van der Waals surface area contributed by atoms with E-state index in [0.717, 1.165) is 61.4 Å². The van der Waals surface area contributed by atoms with Gasteiger partial charge in [-0.05, 0) is 116 Å². The smallest absolute Gasteiger partial charge is 0.282 e. The molecule has 2 aliphatic carbocycles. The monoisotopic (exact) mass is 656 g/mol. The number of benzene rings is 6. The standard InChI is InChI=1S/C39H28O6S2/c1-23-11-13-27(21-37(23)46-45-44-40)25-15-17-31-32-18-16-26(28-14-12-24(2)38(22-28)47(41,42)43)20-36(32)39(35(31)19-25)33-9-5-3-7-29(33)30-8-4-6-10-34(30)39/h3-22,40H,1-2H3,(H,41,42,43). The minimum absolute atomic E-state index is 0.0960. The van der Waals surface area contributed by atoms with Gasteiger partial charge in [0.05, 0.1) is 22.4 Å². The zero-order chi connectivity index (χ0) is 32.5. The molecule has 6 aromatic carbocycles. The lowest BCUT2D eigenvalue weighted by molar-refractivity contribution is -0.432. The Bertz CT molecular complexity index is 2320. The molecular weight excluding hydrogens is 629 g/mol. The zero-order valence-electron chi connectivity index (χ0n) is 25.4. The first-order chi connectivity index (χ1) is 22.7. The molecule has 0 unspecified atom stereocenters. The molecule has 0 saturated heterocycles. The molecule has 47 heavy (non-hydrogen) atoms. The first kappa shape index (κ1) is 29.8. The molecule has 8 heteroatoms. The Hall–Kier alpha value is -4.54. The van der Waals surface area contributed by atoms with Gasteiger partial charge in [0, 0.05) is 4.90 Å². The molecule has 0 aliphatic heterocycles. The molecule has 0 heterocycles. The molecule has 0 aromatic heterocycles. The molecular formula is C39H28O6S2. The van der Waals surface area contributed by atoms with E-state index in [9.17, 15) is 13.0 Å². The normalized spacial score (nSPS) is 13.7. The second kappa shape index (κ2) is 11.0. The fraction of sp³-hybridized carbons (Fsp3) is 0.0769. The highest BCUT2D eigenvalue weighted by molar-refractivity contribution is 7.94. The summed E-state index contributed by atoms with van der Waals surface area (Å²) in [6.45, 7) is 3.65. The molecule has 2 N–H and O–H groups in total. The van der Waals surface area contributed by atoms with Crippen LogP contribution in [-0.2, 0) is 24.9 Å². The third-order valence-electron chi connectivity index (χ3n) is 9.56. The molecule has 8 rings (SSSR count). The molecule has 6 aromatic rings. The van der Waals surface area contributed by atoms with Gasteiger partial charge in [0.25, 0.3) is 10.1 Å².